The van der Waals surface area contributed by atoms with E-state index in [1.807, 2.05) is 18.2 Å². The van der Waals surface area contributed by atoms with Gasteiger partial charge in [0.1, 0.15) is 6.61 Å². The van der Waals surface area contributed by atoms with E-state index in [1.54, 1.807) is 11.9 Å². The quantitative estimate of drug-likeness (QED) is 0.535. The van der Waals surface area contributed by atoms with Crippen molar-refractivity contribution in [1.82, 2.24) is 10.1 Å². The molecular formula is C24H24F2N2O3. The van der Waals surface area contributed by atoms with Crippen LogP contribution in [0.4, 0.5) is 8.78 Å². The molecule has 31 heavy (non-hydrogen) atoms. The molecule has 0 N–H and O–H groups in total. The molecule has 1 atom stereocenters. The van der Waals surface area contributed by atoms with Gasteiger partial charge in [-0.1, -0.05) is 55.4 Å². The van der Waals surface area contributed by atoms with Crippen LogP contribution in [-0.4, -0.2) is 29.6 Å². The lowest BCUT2D eigenvalue weighted by atomic mass is 9.87. The first-order valence-electron chi connectivity index (χ1n) is 10.1. The molecule has 1 aliphatic rings. The second kappa shape index (κ2) is 7.80. The summed E-state index contributed by atoms with van der Waals surface area (Å²) in [5.74, 6) is -2.21. The van der Waals surface area contributed by atoms with Crippen LogP contribution in [0, 0.1) is 17.0 Å². The van der Waals surface area contributed by atoms with Crippen LogP contribution in [0.25, 0.3) is 0 Å². The average molecular weight is 426 g/mol. The largest absolute Gasteiger partial charge is 0.479 e. The van der Waals surface area contributed by atoms with Gasteiger partial charge < -0.3 is 14.2 Å². The number of nitrogens with zero attached hydrogens (tertiary/aromatic N) is 2. The normalized spacial score (nSPS) is 19.1. The van der Waals surface area contributed by atoms with E-state index >= 15 is 0 Å². The molecule has 4 rings (SSSR count). The van der Waals surface area contributed by atoms with Crippen molar-refractivity contribution < 1.29 is 22.8 Å². The minimum Gasteiger partial charge on any atom is -0.479 e. The van der Waals surface area contributed by atoms with Gasteiger partial charge in [-0.3, -0.25) is 4.79 Å². The number of para-hydroxylation sites is 1. The first kappa shape index (κ1) is 21.0. The Morgan fingerprint density at radius 2 is 1.77 bits per heavy atom. The van der Waals surface area contributed by atoms with E-state index < -0.39 is 17.4 Å². The predicted molar refractivity (Wildman–Crippen MR) is 111 cm³/mol. The van der Waals surface area contributed by atoms with Crippen LogP contribution < -0.4 is 4.74 Å². The number of rotatable bonds is 7. The fraction of sp³-hybridized carbons (Fsp3) is 0.333. The molecule has 1 aromatic heterocycles. The summed E-state index contributed by atoms with van der Waals surface area (Å²) < 4.78 is 37.7. The van der Waals surface area contributed by atoms with E-state index in [2.05, 4.69) is 31.1 Å². The van der Waals surface area contributed by atoms with Crippen LogP contribution in [0.15, 0.2) is 59.1 Å². The Hall–Kier alpha value is -3.22. The molecule has 2 aromatic carbocycles. The Bertz CT molecular complexity index is 1080. The number of carbonyl (C=O) groups is 1. The molecule has 0 spiro atoms. The maximum absolute atomic E-state index is 13.7. The molecule has 0 aliphatic heterocycles. The van der Waals surface area contributed by atoms with E-state index in [9.17, 15) is 13.6 Å². The summed E-state index contributed by atoms with van der Waals surface area (Å²) in [5, 5.41) is 3.82. The molecule has 0 bridgehead atoms. The highest BCUT2D eigenvalue weighted by atomic mass is 19.1. The van der Waals surface area contributed by atoms with Crippen LogP contribution in [0.1, 0.15) is 42.1 Å². The maximum atomic E-state index is 13.7. The third-order valence-electron chi connectivity index (χ3n) is 6.15. The lowest BCUT2D eigenvalue weighted by Gasteiger charge is -2.27. The fourth-order valence-corrected chi connectivity index (χ4v) is 4.24. The van der Waals surface area contributed by atoms with Gasteiger partial charge in [0, 0.05) is 25.1 Å². The van der Waals surface area contributed by atoms with Crippen molar-refractivity contribution in [2.45, 2.75) is 32.3 Å². The lowest BCUT2D eigenvalue weighted by Crippen LogP contribution is -2.36. The van der Waals surface area contributed by atoms with Crippen molar-refractivity contribution in [3.63, 3.8) is 0 Å². The van der Waals surface area contributed by atoms with E-state index in [0.717, 1.165) is 18.6 Å². The summed E-state index contributed by atoms with van der Waals surface area (Å²) in [4.78, 5) is 14.6. The molecule has 3 aromatic rings. The topological polar surface area (TPSA) is 55.6 Å². The molecule has 7 heteroatoms. The Morgan fingerprint density at radius 1 is 1.13 bits per heavy atom. The van der Waals surface area contributed by atoms with Gasteiger partial charge in [0.15, 0.2) is 28.8 Å². The van der Waals surface area contributed by atoms with Crippen molar-refractivity contribution in [3.05, 3.63) is 83.2 Å². The summed E-state index contributed by atoms with van der Waals surface area (Å²) in [6.45, 7) is 4.70. The summed E-state index contributed by atoms with van der Waals surface area (Å²) in [7, 11) is 1.74. The third-order valence-corrected chi connectivity index (χ3v) is 6.15. The first-order chi connectivity index (χ1) is 14.7. The molecule has 1 saturated carbocycles. The van der Waals surface area contributed by atoms with Gasteiger partial charge in [0.2, 0.25) is 0 Å². The van der Waals surface area contributed by atoms with Gasteiger partial charge in [-0.2, -0.15) is 0 Å². The highest BCUT2D eigenvalue weighted by Crippen LogP contribution is 2.64. The van der Waals surface area contributed by atoms with Gasteiger partial charge in [-0.05, 0) is 29.5 Å². The van der Waals surface area contributed by atoms with Gasteiger partial charge in [-0.25, -0.2) is 8.78 Å². The molecule has 1 fully saturated rings. The minimum atomic E-state index is -0.811. The zero-order chi connectivity index (χ0) is 22.2. The van der Waals surface area contributed by atoms with Crippen LogP contribution >= 0.6 is 0 Å². The number of halogens is 2. The number of amides is 1. The average Bonchev–Trinajstić information content (AvgIpc) is 3.07. The molecule has 1 amide bonds. The van der Waals surface area contributed by atoms with Crippen molar-refractivity contribution >= 4 is 5.91 Å². The van der Waals surface area contributed by atoms with Gasteiger partial charge in [0.25, 0.3) is 5.91 Å². The van der Waals surface area contributed by atoms with E-state index in [-0.39, 0.29) is 34.8 Å². The van der Waals surface area contributed by atoms with Crippen LogP contribution in [0.5, 0.6) is 5.75 Å². The van der Waals surface area contributed by atoms with Crippen LogP contribution in [-0.2, 0) is 12.0 Å². The second-order valence-corrected chi connectivity index (χ2v) is 8.69. The van der Waals surface area contributed by atoms with Crippen LogP contribution in [0.2, 0.25) is 0 Å². The predicted octanol–water partition coefficient (Wildman–Crippen LogP) is 4.97. The Labute approximate surface area is 179 Å². The smallest absolute Gasteiger partial charge is 0.275 e. The van der Waals surface area contributed by atoms with Gasteiger partial charge >= 0.3 is 0 Å². The number of ether oxygens (including phenoxy) is 1. The fourth-order valence-electron chi connectivity index (χ4n) is 4.24. The lowest BCUT2D eigenvalue weighted by molar-refractivity contribution is 0.0764. The minimum absolute atomic E-state index is 0.0789. The Balaban J connectivity index is 1.44. The second-order valence-electron chi connectivity index (χ2n) is 8.69. The zero-order valence-electron chi connectivity index (χ0n) is 17.7. The number of benzene rings is 2. The summed E-state index contributed by atoms with van der Waals surface area (Å²) in [6.07, 6.45) is 0.980. The van der Waals surface area contributed by atoms with Crippen molar-refractivity contribution in [2.75, 3.05) is 13.6 Å². The molecular weight excluding hydrogens is 402 g/mol. The van der Waals surface area contributed by atoms with Gasteiger partial charge in [-0.15, -0.1) is 0 Å². The molecule has 0 saturated heterocycles. The Kier molecular flexibility index (Phi) is 5.29. The summed E-state index contributed by atoms with van der Waals surface area (Å²) in [5.41, 5.74) is 1.30. The molecule has 162 valence electrons. The van der Waals surface area contributed by atoms with E-state index in [4.69, 9.17) is 9.26 Å². The number of hydrogen-bond donors (Lipinski definition) is 0. The zero-order valence-corrected chi connectivity index (χ0v) is 17.7. The number of likely N-dealkylation sites (N-methyl/N-ethyl adjacent to an activating group) is 1. The maximum Gasteiger partial charge on any atom is 0.275 e. The van der Waals surface area contributed by atoms with Gasteiger partial charge in [0.05, 0.1) is 0 Å². The number of hydrogen-bond acceptors (Lipinski definition) is 4. The van der Waals surface area contributed by atoms with Crippen LogP contribution in [0.3, 0.4) is 0 Å². The molecule has 1 heterocycles. The number of carbonyl (C=O) groups excluding carboxylic acids is 1. The van der Waals surface area contributed by atoms with E-state index in [0.29, 0.717) is 6.54 Å². The van der Waals surface area contributed by atoms with Crippen molar-refractivity contribution in [1.29, 1.82) is 0 Å². The monoisotopic (exact) mass is 426 g/mol. The number of aromatic nitrogens is 1. The highest BCUT2D eigenvalue weighted by molar-refractivity contribution is 5.92. The Morgan fingerprint density at radius 3 is 2.39 bits per heavy atom. The SMILES string of the molecule is CN(C[C@@]1(c2ccccc2)CC1(C)C)C(=O)c1cc(COc2c(F)cccc2F)on1. The third kappa shape index (κ3) is 3.92. The van der Waals surface area contributed by atoms with Crippen molar-refractivity contribution in [2.24, 2.45) is 5.41 Å². The highest BCUT2D eigenvalue weighted by Gasteiger charge is 2.62. The summed E-state index contributed by atoms with van der Waals surface area (Å²) in [6, 6.07) is 15.1. The standard InChI is InChI=1S/C24H24F2N2O3/c1-23(2)14-24(23,16-8-5-4-6-9-16)15-28(3)22(29)20-12-17(31-27-20)13-30-21-18(25)10-7-11-19(21)26/h4-12H,13-15H2,1-3H3/t24-/m1/s1. The molecule has 1 aliphatic carbocycles. The first-order valence-corrected chi connectivity index (χ1v) is 10.1. The molecule has 0 unspecified atom stereocenters. The molecule has 5 nitrogen and oxygen atoms in total. The molecule has 0 radical (unpaired) electrons. The summed E-state index contributed by atoms with van der Waals surface area (Å²) >= 11 is 0. The van der Waals surface area contributed by atoms with E-state index in [1.165, 1.54) is 17.7 Å². The van der Waals surface area contributed by atoms with Crippen molar-refractivity contribution in [3.8, 4) is 5.75 Å².